The van der Waals surface area contributed by atoms with Crippen LogP contribution in [0.2, 0.25) is 0 Å². The van der Waals surface area contributed by atoms with Gasteiger partial charge in [0.1, 0.15) is 11.3 Å². The standard InChI is InChI=1S/C14H16ClF3NO4P/c1-22-12(20)13(8-2-3-9-13)19-24(15,21)23-11-6-4-10(5-7-11)14(16,17)18/h4-7H,2-3,8-9H2,1H3,(H,19,21). The van der Waals surface area contributed by atoms with Crippen LogP contribution in [0.5, 0.6) is 5.75 Å². The van der Waals surface area contributed by atoms with Crippen LogP contribution in [0.1, 0.15) is 31.2 Å². The van der Waals surface area contributed by atoms with Crippen molar-refractivity contribution < 1.29 is 31.8 Å². The average molecular weight is 386 g/mol. The number of rotatable bonds is 5. The monoisotopic (exact) mass is 385 g/mol. The first-order chi connectivity index (χ1) is 11.1. The van der Waals surface area contributed by atoms with Crippen molar-refractivity contribution in [1.82, 2.24) is 5.09 Å². The van der Waals surface area contributed by atoms with Gasteiger partial charge in [-0.2, -0.15) is 13.2 Å². The summed E-state index contributed by atoms with van der Waals surface area (Å²) in [6.07, 6.45) is -2.28. The number of ether oxygens (including phenoxy) is 1. The van der Waals surface area contributed by atoms with Crippen molar-refractivity contribution in [3.8, 4) is 5.75 Å². The molecule has 1 aromatic carbocycles. The number of hydrogen-bond donors (Lipinski definition) is 1. The van der Waals surface area contributed by atoms with Gasteiger partial charge in [-0.3, -0.25) is 4.79 Å². The molecule has 1 aromatic rings. The fourth-order valence-corrected chi connectivity index (χ4v) is 4.64. The SMILES string of the molecule is COC(=O)C1(NP(=O)(Cl)Oc2ccc(C(F)(F)F)cc2)CCCC1. The van der Waals surface area contributed by atoms with E-state index in [1.807, 2.05) is 0 Å². The van der Waals surface area contributed by atoms with Gasteiger partial charge in [-0.1, -0.05) is 12.8 Å². The van der Waals surface area contributed by atoms with Crippen LogP contribution in [-0.2, 0) is 20.3 Å². The minimum absolute atomic E-state index is 0.105. The fourth-order valence-electron chi connectivity index (χ4n) is 2.65. The molecule has 1 aliphatic rings. The van der Waals surface area contributed by atoms with Crippen LogP contribution in [0, 0.1) is 0 Å². The molecular formula is C14H16ClF3NO4P. The highest BCUT2D eigenvalue weighted by Crippen LogP contribution is 2.52. The van der Waals surface area contributed by atoms with Gasteiger partial charge in [0.05, 0.1) is 12.7 Å². The zero-order valence-corrected chi connectivity index (χ0v) is 14.4. The lowest BCUT2D eigenvalue weighted by Gasteiger charge is -2.29. The van der Waals surface area contributed by atoms with Crippen molar-refractivity contribution in [3.05, 3.63) is 29.8 Å². The van der Waals surface area contributed by atoms with Crippen molar-refractivity contribution in [2.75, 3.05) is 7.11 Å². The van der Waals surface area contributed by atoms with Gasteiger partial charge in [0, 0.05) is 11.2 Å². The number of nitrogens with one attached hydrogen (secondary N) is 1. The second-order valence-electron chi connectivity index (χ2n) is 5.49. The van der Waals surface area contributed by atoms with Gasteiger partial charge in [-0.15, -0.1) is 0 Å². The molecule has 0 spiro atoms. The van der Waals surface area contributed by atoms with E-state index in [0.717, 1.165) is 37.1 Å². The van der Waals surface area contributed by atoms with Crippen molar-refractivity contribution >= 4 is 24.1 Å². The first-order valence-electron chi connectivity index (χ1n) is 7.12. The molecule has 0 heterocycles. The Morgan fingerprint density at radius 1 is 1.25 bits per heavy atom. The van der Waals surface area contributed by atoms with E-state index < -0.39 is 30.1 Å². The van der Waals surface area contributed by atoms with Crippen LogP contribution in [0.25, 0.3) is 0 Å². The summed E-state index contributed by atoms with van der Waals surface area (Å²) in [5, 5.41) is 2.51. The number of carbonyl (C=O) groups is 1. The second kappa shape index (κ2) is 6.94. The van der Waals surface area contributed by atoms with Crippen molar-refractivity contribution in [2.45, 2.75) is 37.4 Å². The molecule has 0 amide bonds. The third-order valence-electron chi connectivity index (χ3n) is 3.79. The minimum Gasteiger partial charge on any atom is -0.468 e. The third kappa shape index (κ3) is 4.43. The molecule has 1 unspecified atom stereocenters. The molecule has 1 aliphatic carbocycles. The molecular weight excluding hydrogens is 370 g/mol. The first kappa shape index (κ1) is 19.1. The number of hydrogen-bond acceptors (Lipinski definition) is 4. The Balaban J connectivity index is 2.13. The molecule has 2 rings (SSSR count). The maximum Gasteiger partial charge on any atom is 0.416 e. The average Bonchev–Trinajstić information content (AvgIpc) is 2.94. The highest BCUT2D eigenvalue weighted by atomic mass is 35.7. The zero-order chi connectivity index (χ0) is 18.0. The zero-order valence-electron chi connectivity index (χ0n) is 12.7. The smallest absolute Gasteiger partial charge is 0.416 e. The van der Waals surface area contributed by atoms with E-state index in [4.69, 9.17) is 20.5 Å². The summed E-state index contributed by atoms with van der Waals surface area (Å²) in [5.41, 5.74) is -2.08. The van der Waals surface area contributed by atoms with E-state index in [9.17, 15) is 22.5 Å². The molecule has 0 aliphatic heterocycles. The summed E-state index contributed by atoms with van der Waals surface area (Å²) in [6, 6.07) is 3.60. The number of esters is 1. The molecule has 24 heavy (non-hydrogen) atoms. The number of alkyl halides is 3. The summed E-state index contributed by atoms with van der Waals surface area (Å²) in [5.74, 6) is -0.705. The molecule has 134 valence electrons. The number of benzene rings is 1. The maximum atomic E-state index is 12.5. The molecule has 1 atom stereocenters. The molecule has 1 saturated carbocycles. The Labute approximate surface area is 141 Å². The molecule has 0 aromatic heterocycles. The van der Waals surface area contributed by atoms with Crippen LogP contribution in [-0.4, -0.2) is 18.6 Å². The van der Waals surface area contributed by atoms with Gasteiger partial charge >= 0.3 is 19.0 Å². The maximum absolute atomic E-state index is 12.5. The number of halogens is 4. The Kier molecular flexibility index (Phi) is 5.52. The predicted octanol–water partition coefficient (Wildman–Crippen LogP) is 4.51. The van der Waals surface area contributed by atoms with Gasteiger partial charge in [0.15, 0.2) is 0 Å². The molecule has 0 bridgehead atoms. The van der Waals surface area contributed by atoms with Crippen LogP contribution >= 0.6 is 18.1 Å². The van der Waals surface area contributed by atoms with Gasteiger partial charge in [0.2, 0.25) is 0 Å². The molecule has 1 fully saturated rings. The van der Waals surface area contributed by atoms with Crippen LogP contribution in [0.3, 0.4) is 0 Å². The van der Waals surface area contributed by atoms with Gasteiger partial charge in [-0.05, 0) is 37.1 Å². The highest BCUT2D eigenvalue weighted by molar-refractivity contribution is 7.84. The quantitative estimate of drug-likeness (QED) is 0.597. The van der Waals surface area contributed by atoms with Crippen LogP contribution < -0.4 is 9.61 Å². The van der Waals surface area contributed by atoms with E-state index in [1.165, 1.54) is 7.11 Å². The Morgan fingerprint density at radius 3 is 2.25 bits per heavy atom. The molecule has 0 radical (unpaired) electrons. The predicted molar refractivity (Wildman–Crippen MR) is 81.9 cm³/mol. The Hall–Kier alpha value is -1.24. The van der Waals surface area contributed by atoms with E-state index in [0.29, 0.717) is 12.8 Å². The second-order valence-corrected chi connectivity index (χ2v) is 8.19. The Morgan fingerprint density at radius 2 is 1.79 bits per heavy atom. The van der Waals surface area contributed by atoms with E-state index in [-0.39, 0.29) is 5.75 Å². The van der Waals surface area contributed by atoms with E-state index in [2.05, 4.69) is 5.09 Å². The van der Waals surface area contributed by atoms with Gasteiger partial charge in [-0.25, -0.2) is 9.65 Å². The van der Waals surface area contributed by atoms with Crippen molar-refractivity contribution in [3.63, 3.8) is 0 Å². The van der Waals surface area contributed by atoms with Crippen molar-refractivity contribution in [1.29, 1.82) is 0 Å². The summed E-state index contributed by atoms with van der Waals surface area (Å²) >= 11 is 5.86. The van der Waals surface area contributed by atoms with Crippen LogP contribution in [0.4, 0.5) is 13.2 Å². The summed E-state index contributed by atoms with van der Waals surface area (Å²) < 4.78 is 59.8. The van der Waals surface area contributed by atoms with Gasteiger partial charge < -0.3 is 9.26 Å². The summed E-state index contributed by atoms with van der Waals surface area (Å²) in [7, 11) is 1.21. The highest BCUT2D eigenvalue weighted by Gasteiger charge is 2.47. The largest absolute Gasteiger partial charge is 0.468 e. The van der Waals surface area contributed by atoms with E-state index >= 15 is 0 Å². The lowest BCUT2D eigenvalue weighted by molar-refractivity contribution is -0.147. The summed E-state index contributed by atoms with van der Waals surface area (Å²) in [6.45, 7) is -4.01. The fraction of sp³-hybridized carbons (Fsp3) is 0.500. The molecule has 1 N–H and O–H groups in total. The Bertz CT molecular complexity index is 644. The number of carbonyl (C=O) groups excluding carboxylic acids is 1. The minimum atomic E-state index is -4.49. The normalized spacial score (nSPS) is 19.5. The lowest BCUT2D eigenvalue weighted by Crippen LogP contribution is -2.48. The molecule has 0 saturated heterocycles. The third-order valence-corrected chi connectivity index (χ3v) is 5.39. The van der Waals surface area contributed by atoms with Gasteiger partial charge in [0.25, 0.3) is 0 Å². The number of methoxy groups -OCH3 is 1. The lowest BCUT2D eigenvalue weighted by atomic mass is 10.00. The molecule has 5 nitrogen and oxygen atoms in total. The van der Waals surface area contributed by atoms with Crippen LogP contribution in [0.15, 0.2) is 24.3 Å². The molecule has 10 heteroatoms. The summed E-state index contributed by atoms with van der Waals surface area (Å²) in [4.78, 5) is 12.0. The topological polar surface area (TPSA) is 64.6 Å². The first-order valence-corrected chi connectivity index (χ1v) is 9.65. The van der Waals surface area contributed by atoms with Crippen molar-refractivity contribution in [2.24, 2.45) is 0 Å². The van der Waals surface area contributed by atoms with E-state index in [1.54, 1.807) is 0 Å².